The van der Waals surface area contributed by atoms with Crippen molar-refractivity contribution in [1.82, 2.24) is 24.6 Å². The van der Waals surface area contributed by atoms with Gasteiger partial charge in [-0.25, -0.2) is 9.67 Å². The lowest BCUT2D eigenvalue weighted by atomic mass is 10.2. The molecule has 3 aromatic rings. The van der Waals surface area contributed by atoms with Crippen LogP contribution in [0.3, 0.4) is 0 Å². The van der Waals surface area contributed by atoms with Crippen LogP contribution in [0.25, 0.3) is 16.7 Å². The van der Waals surface area contributed by atoms with Gasteiger partial charge in [0.25, 0.3) is 5.56 Å². The molecule has 130 valence electrons. The molecule has 0 bridgehead atoms. The molecule has 0 unspecified atom stereocenters. The Balaban J connectivity index is 1.72. The number of para-hydroxylation sites is 1. The number of rotatable bonds is 3. The average molecular weight is 339 g/mol. The summed E-state index contributed by atoms with van der Waals surface area (Å²) in [6.45, 7) is 6.27. The molecule has 1 aliphatic rings. The first kappa shape index (κ1) is 16.0. The summed E-state index contributed by atoms with van der Waals surface area (Å²) in [6.07, 6.45) is 1.75. The Morgan fingerprint density at radius 1 is 1.28 bits per heavy atom. The van der Waals surface area contributed by atoms with E-state index < -0.39 is 0 Å². The Morgan fingerprint density at radius 2 is 2.08 bits per heavy atom. The maximum Gasteiger partial charge on any atom is 0.262 e. The Morgan fingerprint density at radius 3 is 2.88 bits per heavy atom. The fraction of sp³-hybridized carbons (Fsp3) is 0.389. The monoisotopic (exact) mass is 339 g/mol. The molecule has 1 N–H and O–H groups in total. The maximum atomic E-state index is 12.4. The first-order chi connectivity index (χ1) is 12.1. The Hall–Kier alpha value is -2.51. The molecular formula is C18H21N5O2. The molecule has 1 aliphatic heterocycles. The van der Waals surface area contributed by atoms with Crippen LogP contribution in [0.1, 0.15) is 19.7 Å². The van der Waals surface area contributed by atoms with E-state index in [-0.39, 0.29) is 17.7 Å². The van der Waals surface area contributed by atoms with E-state index >= 15 is 0 Å². The van der Waals surface area contributed by atoms with Gasteiger partial charge in [-0.3, -0.25) is 9.69 Å². The van der Waals surface area contributed by atoms with Gasteiger partial charge >= 0.3 is 0 Å². The van der Waals surface area contributed by atoms with Gasteiger partial charge in [0.15, 0.2) is 5.65 Å². The number of morpholine rings is 1. The molecule has 2 aromatic heterocycles. The third-order valence-electron chi connectivity index (χ3n) is 4.58. The van der Waals surface area contributed by atoms with Gasteiger partial charge in [0.2, 0.25) is 0 Å². The number of hydrogen-bond donors (Lipinski definition) is 1. The van der Waals surface area contributed by atoms with Gasteiger partial charge in [-0.1, -0.05) is 18.2 Å². The lowest BCUT2D eigenvalue weighted by Crippen LogP contribution is -2.47. The second-order valence-corrected chi connectivity index (χ2v) is 6.56. The molecule has 2 atom stereocenters. The molecule has 0 saturated carbocycles. The SMILES string of the molecule is C[C@@H]1CO[C@@H](C)CN1Cc1nc2c(cnn2-c2ccccc2)c(=O)[nH]1. The van der Waals surface area contributed by atoms with Crippen LogP contribution < -0.4 is 5.56 Å². The second kappa shape index (κ2) is 6.42. The van der Waals surface area contributed by atoms with E-state index in [0.29, 0.717) is 30.0 Å². The van der Waals surface area contributed by atoms with Crippen molar-refractivity contribution in [2.45, 2.75) is 32.5 Å². The van der Waals surface area contributed by atoms with Crippen molar-refractivity contribution in [2.24, 2.45) is 0 Å². The third-order valence-corrected chi connectivity index (χ3v) is 4.58. The molecule has 25 heavy (non-hydrogen) atoms. The van der Waals surface area contributed by atoms with E-state index in [9.17, 15) is 4.79 Å². The Labute approximate surface area is 145 Å². The van der Waals surface area contributed by atoms with E-state index in [1.54, 1.807) is 10.9 Å². The number of aromatic nitrogens is 4. The van der Waals surface area contributed by atoms with Crippen LogP contribution in [0.2, 0.25) is 0 Å². The van der Waals surface area contributed by atoms with Gasteiger partial charge in [-0.15, -0.1) is 0 Å². The van der Waals surface area contributed by atoms with Crippen LogP contribution in [0.4, 0.5) is 0 Å². The molecule has 0 radical (unpaired) electrons. The van der Waals surface area contributed by atoms with Crippen LogP contribution in [0.15, 0.2) is 41.3 Å². The van der Waals surface area contributed by atoms with E-state index in [4.69, 9.17) is 4.74 Å². The first-order valence-electron chi connectivity index (χ1n) is 8.50. The fourth-order valence-electron chi connectivity index (χ4n) is 3.18. The highest BCUT2D eigenvalue weighted by Crippen LogP contribution is 2.16. The topological polar surface area (TPSA) is 76.0 Å². The number of H-pyrrole nitrogens is 1. The smallest absolute Gasteiger partial charge is 0.262 e. The summed E-state index contributed by atoms with van der Waals surface area (Å²) in [5.41, 5.74) is 1.31. The molecule has 1 aromatic carbocycles. The molecule has 7 heteroatoms. The highest BCUT2D eigenvalue weighted by atomic mass is 16.5. The normalized spacial score (nSPS) is 21.7. The van der Waals surface area contributed by atoms with Crippen LogP contribution in [-0.2, 0) is 11.3 Å². The van der Waals surface area contributed by atoms with Crippen molar-refractivity contribution < 1.29 is 4.74 Å². The fourth-order valence-corrected chi connectivity index (χ4v) is 3.18. The average Bonchev–Trinajstić information content (AvgIpc) is 3.03. The minimum atomic E-state index is -0.156. The molecule has 1 fully saturated rings. The Bertz CT molecular complexity index is 934. The summed E-state index contributed by atoms with van der Waals surface area (Å²) in [4.78, 5) is 22.3. The van der Waals surface area contributed by atoms with Crippen LogP contribution in [0.5, 0.6) is 0 Å². The molecule has 3 heterocycles. The number of ether oxygens (including phenoxy) is 1. The number of nitrogens with one attached hydrogen (secondary N) is 1. The third kappa shape index (κ3) is 3.08. The molecule has 0 aliphatic carbocycles. The van der Waals surface area contributed by atoms with Crippen molar-refractivity contribution in [1.29, 1.82) is 0 Å². The van der Waals surface area contributed by atoms with Gasteiger partial charge < -0.3 is 9.72 Å². The predicted octanol–water partition coefficient (Wildman–Crippen LogP) is 1.72. The van der Waals surface area contributed by atoms with Gasteiger partial charge in [0.1, 0.15) is 11.2 Å². The summed E-state index contributed by atoms with van der Waals surface area (Å²) >= 11 is 0. The predicted molar refractivity (Wildman–Crippen MR) is 94.8 cm³/mol. The van der Waals surface area contributed by atoms with Crippen molar-refractivity contribution in [3.63, 3.8) is 0 Å². The quantitative estimate of drug-likeness (QED) is 0.786. The molecule has 0 spiro atoms. The number of aromatic amines is 1. The lowest BCUT2D eigenvalue weighted by Gasteiger charge is -2.36. The molecule has 1 saturated heterocycles. The zero-order valence-corrected chi connectivity index (χ0v) is 14.3. The lowest BCUT2D eigenvalue weighted by molar-refractivity contribution is -0.0534. The van der Waals surface area contributed by atoms with Crippen molar-refractivity contribution >= 4 is 11.0 Å². The summed E-state index contributed by atoms with van der Waals surface area (Å²) in [5.74, 6) is 0.649. The van der Waals surface area contributed by atoms with Crippen molar-refractivity contribution in [3.8, 4) is 5.69 Å². The van der Waals surface area contributed by atoms with Gasteiger partial charge in [-0.2, -0.15) is 5.10 Å². The molecule has 7 nitrogen and oxygen atoms in total. The van der Waals surface area contributed by atoms with Crippen LogP contribution in [0, 0.1) is 0 Å². The molecule has 0 amide bonds. The Kier molecular flexibility index (Phi) is 4.10. The minimum Gasteiger partial charge on any atom is -0.376 e. The van der Waals surface area contributed by atoms with E-state index in [2.05, 4.69) is 33.8 Å². The van der Waals surface area contributed by atoms with Gasteiger partial charge in [-0.05, 0) is 26.0 Å². The van der Waals surface area contributed by atoms with Crippen LogP contribution in [-0.4, -0.2) is 49.9 Å². The first-order valence-corrected chi connectivity index (χ1v) is 8.50. The van der Waals surface area contributed by atoms with E-state index in [1.807, 2.05) is 30.3 Å². The van der Waals surface area contributed by atoms with Gasteiger partial charge in [0.05, 0.1) is 31.1 Å². The van der Waals surface area contributed by atoms with Gasteiger partial charge in [0, 0.05) is 12.6 Å². The zero-order chi connectivity index (χ0) is 17.4. The second-order valence-electron chi connectivity index (χ2n) is 6.56. The number of nitrogens with zero attached hydrogens (tertiary/aromatic N) is 4. The van der Waals surface area contributed by atoms with E-state index in [1.165, 1.54) is 0 Å². The highest BCUT2D eigenvalue weighted by molar-refractivity contribution is 5.75. The van der Waals surface area contributed by atoms with Crippen molar-refractivity contribution in [3.05, 3.63) is 52.7 Å². The van der Waals surface area contributed by atoms with Crippen molar-refractivity contribution in [2.75, 3.05) is 13.2 Å². The summed E-state index contributed by atoms with van der Waals surface area (Å²) in [7, 11) is 0. The number of fused-ring (bicyclic) bond motifs is 1. The summed E-state index contributed by atoms with van der Waals surface area (Å²) < 4.78 is 7.38. The van der Waals surface area contributed by atoms with E-state index in [0.717, 1.165) is 12.2 Å². The number of benzene rings is 1. The van der Waals surface area contributed by atoms with Crippen LogP contribution >= 0.6 is 0 Å². The molecule has 4 rings (SSSR count). The standard InChI is InChI=1S/C18H21N5O2/c1-12-11-25-13(2)9-22(12)10-16-20-17-15(18(24)21-16)8-19-23(17)14-6-4-3-5-7-14/h3-8,12-13H,9-11H2,1-2H3,(H,20,21,24)/t12-,13+/m1/s1. The number of hydrogen-bond acceptors (Lipinski definition) is 5. The summed E-state index contributed by atoms with van der Waals surface area (Å²) in [5, 5.41) is 4.84. The largest absolute Gasteiger partial charge is 0.376 e. The zero-order valence-electron chi connectivity index (χ0n) is 14.3. The maximum absolute atomic E-state index is 12.4. The summed E-state index contributed by atoms with van der Waals surface area (Å²) in [6, 6.07) is 10.0. The minimum absolute atomic E-state index is 0.156. The molecular weight excluding hydrogens is 318 g/mol. The highest BCUT2D eigenvalue weighted by Gasteiger charge is 2.24.